The Hall–Kier alpha value is -6.09. The number of nitrogens with one attached hydrogen (secondary N) is 2. The monoisotopic (exact) mass is 825 g/mol. The van der Waals surface area contributed by atoms with Crippen molar-refractivity contribution in [2.45, 2.75) is 110 Å². The van der Waals surface area contributed by atoms with Crippen molar-refractivity contribution in [1.82, 2.24) is 39.7 Å². The molecule has 5 heterocycles. The summed E-state index contributed by atoms with van der Waals surface area (Å²) in [6.45, 7) is 11.5. The van der Waals surface area contributed by atoms with E-state index in [0.717, 1.165) is 5.56 Å². The number of ether oxygens (including phenoxy) is 2. The second kappa shape index (κ2) is 17.8. The number of nitrogens with zero attached hydrogens (tertiary/aromatic N) is 9. The lowest BCUT2D eigenvalue weighted by Gasteiger charge is -2.27. The Bertz CT molecular complexity index is 2400. The predicted molar refractivity (Wildman–Crippen MR) is 220 cm³/mol. The summed E-state index contributed by atoms with van der Waals surface area (Å²) in [6, 6.07) is 8.28. The summed E-state index contributed by atoms with van der Waals surface area (Å²) in [5.74, 6) is 2.84. The lowest BCUT2D eigenvalue weighted by atomic mass is 10.0. The number of benzene rings is 1. The number of hydrogen-bond acceptors (Lipinski definition) is 14. The molecule has 16 nitrogen and oxygen atoms in total. The van der Waals surface area contributed by atoms with Crippen LogP contribution in [0.25, 0.3) is 21.4 Å². The smallest absolute Gasteiger partial charge is 0.420 e. The minimum atomic E-state index is -0.788. The quantitative estimate of drug-likeness (QED) is 0.0946. The van der Waals surface area contributed by atoms with Crippen molar-refractivity contribution >= 4 is 56.6 Å². The highest BCUT2D eigenvalue weighted by molar-refractivity contribution is 7.18. The molecule has 4 aromatic heterocycles. The molecule has 0 spiro atoms. The Morgan fingerprint density at radius 1 is 0.966 bits per heavy atom. The molecule has 5 aromatic rings. The van der Waals surface area contributed by atoms with Gasteiger partial charge in [-0.2, -0.15) is 10.2 Å². The van der Waals surface area contributed by atoms with Crippen molar-refractivity contribution in [1.29, 1.82) is 0 Å². The number of terminal acetylenes is 1. The molecular formula is C41H48FN11O5S. The molecule has 6 rings (SSSR count). The van der Waals surface area contributed by atoms with E-state index >= 15 is 0 Å². The number of fused-ring (bicyclic) bond motifs is 2. The number of aromatic nitrogens is 6. The standard InChI is InChI=1S/C41H48FN11O5S/c1-8-9-17-41(50-51-41)18-14-32(54)44-23-26-12-13-30-28(22-26)48-31(53(30)38(56)58-40(5,6)7)15-20-52(37(55)57-39(2,3)4)21-16-33-49-34-35(46-25-47-36(34)59-33)45-24-29-27(42)11-10-19-43-29/h1,10-13,19,22,25H,9,14-18,20-21,23-24H2,2-7H3,(H,44,54)(H,45,46,47). The average Bonchev–Trinajstić information content (AvgIpc) is 3.65. The summed E-state index contributed by atoms with van der Waals surface area (Å²) in [5.41, 5.74) is 0.497. The van der Waals surface area contributed by atoms with Crippen molar-refractivity contribution in [2.24, 2.45) is 10.2 Å². The first kappa shape index (κ1) is 42.5. The van der Waals surface area contributed by atoms with E-state index < -0.39 is 34.9 Å². The highest BCUT2D eigenvalue weighted by atomic mass is 32.1. The maximum absolute atomic E-state index is 14.2. The van der Waals surface area contributed by atoms with E-state index in [2.05, 4.69) is 41.7 Å². The molecule has 59 heavy (non-hydrogen) atoms. The van der Waals surface area contributed by atoms with Gasteiger partial charge in [-0.3, -0.25) is 9.78 Å². The highest BCUT2D eigenvalue weighted by Crippen LogP contribution is 2.37. The number of pyridine rings is 1. The number of amides is 2. The Kier molecular flexibility index (Phi) is 12.8. The van der Waals surface area contributed by atoms with Crippen LogP contribution in [0.15, 0.2) is 53.1 Å². The van der Waals surface area contributed by atoms with Crippen LogP contribution in [0.2, 0.25) is 0 Å². The largest absolute Gasteiger partial charge is 0.444 e. The summed E-state index contributed by atoms with van der Waals surface area (Å²) in [5, 5.41) is 14.9. The predicted octanol–water partition coefficient (Wildman–Crippen LogP) is 7.36. The van der Waals surface area contributed by atoms with Gasteiger partial charge in [0.25, 0.3) is 0 Å². The van der Waals surface area contributed by atoms with E-state index in [1.807, 2.05) is 12.1 Å². The van der Waals surface area contributed by atoms with Crippen LogP contribution >= 0.6 is 11.3 Å². The highest BCUT2D eigenvalue weighted by Gasteiger charge is 2.39. The van der Waals surface area contributed by atoms with E-state index in [1.165, 1.54) is 40.6 Å². The Labute approximate surface area is 345 Å². The summed E-state index contributed by atoms with van der Waals surface area (Å²) in [4.78, 5) is 64.6. The van der Waals surface area contributed by atoms with Gasteiger partial charge in [0, 0.05) is 64.4 Å². The number of thiazole rings is 1. The SMILES string of the molecule is C#CCCC1(CCC(=O)NCc2ccc3c(c2)nc(CCN(CCc2nc4c(NCc5ncccc5F)ncnc4s2)C(=O)OC(C)(C)C)n3C(=O)OC(C)(C)C)N=N1. The summed E-state index contributed by atoms with van der Waals surface area (Å²) < 4.78 is 27.2. The third kappa shape index (κ3) is 11.5. The number of rotatable bonds is 16. The molecule has 0 aliphatic carbocycles. The van der Waals surface area contributed by atoms with Crippen LogP contribution in [0.3, 0.4) is 0 Å². The number of halogens is 1. The molecule has 1 aromatic carbocycles. The molecule has 310 valence electrons. The molecule has 2 N–H and O–H groups in total. The van der Waals surface area contributed by atoms with Crippen LogP contribution in [0.5, 0.6) is 0 Å². The number of hydrogen-bond donors (Lipinski definition) is 2. The van der Waals surface area contributed by atoms with Crippen molar-refractivity contribution in [3.05, 3.63) is 70.8 Å². The Morgan fingerprint density at radius 2 is 1.73 bits per heavy atom. The third-order valence-electron chi connectivity index (χ3n) is 9.01. The molecule has 0 radical (unpaired) electrons. The zero-order valence-corrected chi connectivity index (χ0v) is 34.9. The molecule has 0 fully saturated rings. The third-order valence-corrected chi connectivity index (χ3v) is 10.0. The van der Waals surface area contributed by atoms with Crippen molar-refractivity contribution in [3.8, 4) is 12.3 Å². The van der Waals surface area contributed by atoms with Crippen LogP contribution < -0.4 is 10.6 Å². The molecule has 2 amide bonds. The van der Waals surface area contributed by atoms with Gasteiger partial charge in [-0.1, -0.05) is 17.4 Å². The number of imidazole rings is 1. The minimum absolute atomic E-state index is 0.105. The number of anilines is 1. The Morgan fingerprint density at radius 3 is 2.44 bits per heavy atom. The fourth-order valence-electron chi connectivity index (χ4n) is 6.07. The van der Waals surface area contributed by atoms with E-state index in [0.29, 0.717) is 63.7 Å². The van der Waals surface area contributed by atoms with Gasteiger partial charge in [-0.15, -0.1) is 12.3 Å². The van der Waals surface area contributed by atoms with E-state index in [9.17, 15) is 18.8 Å². The van der Waals surface area contributed by atoms with Crippen LogP contribution in [0.1, 0.15) is 89.3 Å². The van der Waals surface area contributed by atoms with Gasteiger partial charge in [0.2, 0.25) is 5.91 Å². The fraction of sp³-hybridized carbons (Fsp3) is 0.463. The fourth-order valence-corrected chi connectivity index (χ4v) is 6.96. The zero-order valence-electron chi connectivity index (χ0n) is 34.0. The van der Waals surface area contributed by atoms with Crippen LogP contribution in [-0.2, 0) is 40.2 Å². The van der Waals surface area contributed by atoms with Gasteiger partial charge in [0.05, 0.1) is 28.3 Å². The second-order valence-corrected chi connectivity index (χ2v) is 17.1. The maximum Gasteiger partial charge on any atom is 0.420 e. The van der Waals surface area contributed by atoms with Crippen molar-refractivity contribution in [3.63, 3.8) is 0 Å². The van der Waals surface area contributed by atoms with Crippen molar-refractivity contribution in [2.75, 3.05) is 18.4 Å². The second-order valence-electron chi connectivity index (χ2n) is 16.1. The van der Waals surface area contributed by atoms with Crippen LogP contribution in [-0.4, -0.2) is 82.4 Å². The molecule has 0 unspecified atom stereocenters. The minimum Gasteiger partial charge on any atom is -0.444 e. The van der Waals surface area contributed by atoms with Gasteiger partial charge in [0.15, 0.2) is 11.5 Å². The average molecular weight is 826 g/mol. The normalized spacial score (nSPS) is 13.3. The van der Waals surface area contributed by atoms with Gasteiger partial charge in [-0.05, 0) is 71.4 Å². The zero-order chi connectivity index (χ0) is 42.4. The molecule has 0 bridgehead atoms. The van der Waals surface area contributed by atoms with E-state index in [-0.39, 0.29) is 50.6 Å². The van der Waals surface area contributed by atoms with Crippen molar-refractivity contribution < 1.29 is 28.2 Å². The Balaban J connectivity index is 1.17. The first-order valence-corrected chi connectivity index (χ1v) is 20.1. The summed E-state index contributed by atoms with van der Waals surface area (Å²) >= 11 is 1.36. The molecular weight excluding hydrogens is 778 g/mol. The molecule has 0 atom stereocenters. The molecule has 0 saturated carbocycles. The van der Waals surface area contributed by atoms with Crippen LogP contribution in [0, 0.1) is 18.2 Å². The lowest BCUT2D eigenvalue weighted by molar-refractivity contribution is -0.121. The summed E-state index contributed by atoms with van der Waals surface area (Å²) in [7, 11) is 0. The number of carbonyl (C=O) groups excluding carboxylic acids is 3. The van der Waals surface area contributed by atoms with E-state index in [1.54, 1.807) is 52.5 Å². The number of carbonyl (C=O) groups is 3. The molecule has 1 aliphatic heterocycles. The lowest BCUT2D eigenvalue weighted by Crippen LogP contribution is -2.39. The summed E-state index contributed by atoms with van der Waals surface area (Å²) in [6.07, 6.45) is 9.62. The first-order chi connectivity index (χ1) is 28.0. The van der Waals surface area contributed by atoms with Gasteiger partial charge >= 0.3 is 12.2 Å². The van der Waals surface area contributed by atoms with Crippen LogP contribution in [0.4, 0.5) is 19.8 Å². The van der Waals surface area contributed by atoms with E-state index in [4.69, 9.17) is 25.9 Å². The molecule has 0 saturated heterocycles. The molecule has 18 heteroatoms. The topological polar surface area (TPSA) is 191 Å². The first-order valence-electron chi connectivity index (χ1n) is 19.3. The van der Waals surface area contributed by atoms with Gasteiger partial charge < -0.3 is 25.0 Å². The van der Waals surface area contributed by atoms with Gasteiger partial charge in [-0.25, -0.2) is 38.5 Å². The van der Waals surface area contributed by atoms with Gasteiger partial charge in [0.1, 0.15) is 39.5 Å². The molecule has 1 aliphatic rings. The maximum atomic E-state index is 14.2.